The van der Waals surface area contributed by atoms with Crippen LogP contribution in [0.15, 0.2) is 36.5 Å². The molecule has 0 bridgehead atoms. The van der Waals surface area contributed by atoms with Crippen LogP contribution < -0.4 is 0 Å². The van der Waals surface area contributed by atoms with Crippen LogP contribution in [-0.2, 0) is 13.0 Å². The second-order valence-corrected chi connectivity index (χ2v) is 5.63. The second kappa shape index (κ2) is 5.36. The molecule has 4 nitrogen and oxygen atoms in total. The summed E-state index contributed by atoms with van der Waals surface area (Å²) in [5, 5.41) is 0. The van der Waals surface area contributed by atoms with E-state index in [0.29, 0.717) is 13.0 Å². The van der Waals surface area contributed by atoms with Gasteiger partial charge in [0.1, 0.15) is 5.65 Å². The average Bonchev–Trinajstić information content (AvgIpc) is 2.97. The molecule has 24 heavy (non-hydrogen) atoms. The zero-order valence-corrected chi connectivity index (χ0v) is 12.5. The number of aromatic nitrogens is 2. The summed E-state index contributed by atoms with van der Waals surface area (Å²) in [5.74, 6) is -5.06. The lowest BCUT2D eigenvalue weighted by molar-refractivity contribution is 0.0725. The number of pyridine rings is 1. The molecule has 7 heteroatoms. The molecule has 3 heterocycles. The number of hydrogen-bond donors (Lipinski definition) is 0. The van der Waals surface area contributed by atoms with Gasteiger partial charge in [0.15, 0.2) is 17.5 Å². The minimum atomic E-state index is -1.63. The summed E-state index contributed by atoms with van der Waals surface area (Å²) in [6.07, 6.45) is 2.36. The fraction of sp³-hybridized carbons (Fsp3) is 0.176. The van der Waals surface area contributed by atoms with E-state index in [1.54, 1.807) is 0 Å². The fourth-order valence-electron chi connectivity index (χ4n) is 3.00. The zero-order valence-electron chi connectivity index (χ0n) is 12.5. The molecule has 3 aromatic rings. The van der Waals surface area contributed by atoms with Gasteiger partial charge in [-0.25, -0.2) is 18.2 Å². The summed E-state index contributed by atoms with van der Waals surface area (Å²) in [4.78, 5) is 18.4. The van der Waals surface area contributed by atoms with Gasteiger partial charge in [0.25, 0.3) is 5.91 Å². The number of halogens is 3. The molecule has 0 fully saturated rings. The first-order valence-corrected chi connectivity index (χ1v) is 7.44. The number of nitrogens with zero attached hydrogens (tertiary/aromatic N) is 3. The van der Waals surface area contributed by atoms with Crippen LogP contribution in [0.4, 0.5) is 13.2 Å². The second-order valence-electron chi connectivity index (χ2n) is 5.63. The standard InChI is InChI=1S/C17H12F3N3O/c18-11-5-4-10(15(19)16(11)20)17(24)22-8-6-12-13(9-22)23-7-2-1-3-14(23)21-12/h1-5,7H,6,8-9H2. The Bertz CT molecular complexity index is 967. The van der Waals surface area contributed by atoms with Crippen LogP contribution in [0, 0.1) is 17.5 Å². The summed E-state index contributed by atoms with van der Waals surface area (Å²) in [6, 6.07) is 7.31. The molecule has 0 aliphatic carbocycles. The van der Waals surface area contributed by atoms with Crippen molar-refractivity contribution in [1.29, 1.82) is 0 Å². The van der Waals surface area contributed by atoms with Crippen molar-refractivity contribution in [3.05, 3.63) is 70.9 Å². The van der Waals surface area contributed by atoms with Crippen molar-refractivity contribution in [2.75, 3.05) is 6.54 Å². The van der Waals surface area contributed by atoms with Crippen LogP contribution in [0.2, 0.25) is 0 Å². The molecule has 122 valence electrons. The number of carbonyl (C=O) groups is 1. The maximum atomic E-state index is 13.9. The number of imidazole rings is 1. The van der Waals surface area contributed by atoms with E-state index < -0.39 is 28.9 Å². The maximum absolute atomic E-state index is 13.9. The van der Waals surface area contributed by atoms with Crippen LogP contribution in [-0.4, -0.2) is 26.7 Å². The minimum absolute atomic E-state index is 0.234. The molecule has 0 saturated heterocycles. The number of rotatable bonds is 1. The Hall–Kier alpha value is -2.83. The van der Waals surface area contributed by atoms with Crippen LogP contribution in [0.25, 0.3) is 5.65 Å². The van der Waals surface area contributed by atoms with Crippen molar-refractivity contribution in [3.63, 3.8) is 0 Å². The van der Waals surface area contributed by atoms with E-state index in [4.69, 9.17) is 0 Å². The molecule has 2 aromatic heterocycles. The van der Waals surface area contributed by atoms with Crippen molar-refractivity contribution in [2.45, 2.75) is 13.0 Å². The molecule has 1 aliphatic rings. The summed E-state index contributed by atoms with van der Waals surface area (Å²) >= 11 is 0. The normalized spacial score (nSPS) is 14.0. The van der Waals surface area contributed by atoms with Gasteiger partial charge in [-0.3, -0.25) is 4.79 Å². The van der Waals surface area contributed by atoms with Crippen molar-refractivity contribution in [3.8, 4) is 0 Å². The predicted octanol–water partition coefficient (Wildman–Crippen LogP) is 2.95. The van der Waals surface area contributed by atoms with E-state index >= 15 is 0 Å². The monoisotopic (exact) mass is 331 g/mol. The highest BCUT2D eigenvalue weighted by atomic mass is 19.2. The van der Waals surface area contributed by atoms with Gasteiger partial charge in [0, 0.05) is 19.2 Å². The van der Waals surface area contributed by atoms with Gasteiger partial charge in [-0.15, -0.1) is 0 Å². The van der Waals surface area contributed by atoms with Crippen molar-refractivity contribution < 1.29 is 18.0 Å². The van der Waals surface area contributed by atoms with E-state index in [1.165, 1.54) is 4.90 Å². The predicted molar refractivity (Wildman–Crippen MR) is 80.0 cm³/mol. The third kappa shape index (κ3) is 2.16. The molecule has 0 atom stereocenters. The Kier molecular flexibility index (Phi) is 3.30. The van der Waals surface area contributed by atoms with Crippen molar-refractivity contribution >= 4 is 11.6 Å². The third-order valence-electron chi connectivity index (χ3n) is 4.22. The van der Waals surface area contributed by atoms with Crippen LogP contribution in [0.3, 0.4) is 0 Å². The lowest BCUT2D eigenvalue weighted by Gasteiger charge is -2.27. The molecule has 1 aromatic carbocycles. The molecule has 1 amide bonds. The Morgan fingerprint density at radius 2 is 1.92 bits per heavy atom. The van der Waals surface area contributed by atoms with Crippen LogP contribution >= 0.6 is 0 Å². The molecule has 4 rings (SSSR count). The van der Waals surface area contributed by atoms with Crippen LogP contribution in [0.1, 0.15) is 21.7 Å². The van der Waals surface area contributed by atoms with Gasteiger partial charge in [-0.2, -0.15) is 0 Å². The minimum Gasteiger partial charge on any atom is -0.332 e. The average molecular weight is 331 g/mol. The Labute approximate surface area is 135 Å². The van der Waals surface area contributed by atoms with E-state index in [0.717, 1.165) is 29.2 Å². The SMILES string of the molecule is O=C(c1ccc(F)c(F)c1F)N1CCc2nc3ccccn3c2C1. The lowest BCUT2D eigenvalue weighted by atomic mass is 10.1. The van der Waals surface area contributed by atoms with E-state index in [9.17, 15) is 18.0 Å². The molecule has 0 radical (unpaired) electrons. The topological polar surface area (TPSA) is 37.6 Å². The van der Waals surface area contributed by atoms with Gasteiger partial charge >= 0.3 is 0 Å². The molecule has 1 aliphatic heterocycles. The van der Waals surface area contributed by atoms with Crippen molar-refractivity contribution in [1.82, 2.24) is 14.3 Å². The Morgan fingerprint density at radius 1 is 1.08 bits per heavy atom. The van der Waals surface area contributed by atoms with E-state index in [-0.39, 0.29) is 6.54 Å². The number of carbonyl (C=O) groups excluding carboxylic acids is 1. The quantitative estimate of drug-likeness (QED) is 0.643. The molecule has 0 saturated carbocycles. The highest BCUT2D eigenvalue weighted by Crippen LogP contribution is 2.23. The maximum Gasteiger partial charge on any atom is 0.257 e. The van der Waals surface area contributed by atoms with Gasteiger partial charge in [-0.1, -0.05) is 6.07 Å². The summed E-state index contributed by atoms with van der Waals surface area (Å²) < 4.78 is 42.2. The third-order valence-corrected chi connectivity index (χ3v) is 4.22. The van der Waals surface area contributed by atoms with Gasteiger partial charge < -0.3 is 9.30 Å². The first kappa shape index (κ1) is 14.7. The van der Waals surface area contributed by atoms with Gasteiger partial charge in [-0.05, 0) is 24.3 Å². The summed E-state index contributed by atoms with van der Waals surface area (Å²) in [6.45, 7) is 0.575. The number of hydrogen-bond acceptors (Lipinski definition) is 2. The Balaban J connectivity index is 1.69. The fourth-order valence-corrected chi connectivity index (χ4v) is 3.00. The highest BCUT2D eigenvalue weighted by Gasteiger charge is 2.28. The Morgan fingerprint density at radius 3 is 2.75 bits per heavy atom. The summed E-state index contributed by atoms with van der Waals surface area (Å²) in [7, 11) is 0. The smallest absolute Gasteiger partial charge is 0.257 e. The first-order valence-electron chi connectivity index (χ1n) is 7.44. The number of amides is 1. The highest BCUT2D eigenvalue weighted by molar-refractivity contribution is 5.94. The van der Waals surface area contributed by atoms with E-state index in [2.05, 4.69) is 4.98 Å². The largest absolute Gasteiger partial charge is 0.332 e. The number of fused-ring (bicyclic) bond motifs is 3. The van der Waals surface area contributed by atoms with Gasteiger partial charge in [0.05, 0.1) is 23.5 Å². The van der Waals surface area contributed by atoms with E-state index in [1.807, 2.05) is 28.8 Å². The van der Waals surface area contributed by atoms with Gasteiger partial charge in [0.2, 0.25) is 0 Å². The molecule has 0 N–H and O–H groups in total. The first-order chi connectivity index (χ1) is 11.6. The molecular formula is C17H12F3N3O. The summed E-state index contributed by atoms with van der Waals surface area (Å²) in [5.41, 5.74) is 2.03. The molecule has 0 unspecified atom stereocenters. The molecule has 0 spiro atoms. The lowest BCUT2D eigenvalue weighted by Crippen LogP contribution is -2.37. The van der Waals surface area contributed by atoms with Crippen LogP contribution in [0.5, 0.6) is 0 Å². The number of benzene rings is 1. The zero-order chi connectivity index (χ0) is 16.8. The molecular weight excluding hydrogens is 319 g/mol. The van der Waals surface area contributed by atoms with Crippen molar-refractivity contribution in [2.24, 2.45) is 0 Å².